The zero-order chi connectivity index (χ0) is 19.5. The number of rotatable bonds is 4. The smallest absolute Gasteiger partial charge is 0.408 e. The third-order valence-electron chi connectivity index (χ3n) is 5.62. The Hall–Kier alpha value is -2.03. The van der Waals surface area contributed by atoms with Crippen LogP contribution >= 0.6 is 11.6 Å². The molecule has 0 spiro atoms. The molecule has 146 valence electrons. The highest BCUT2D eigenvalue weighted by atomic mass is 35.5. The predicted octanol–water partition coefficient (Wildman–Crippen LogP) is 3.18. The van der Waals surface area contributed by atoms with Crippen LogP contribution in [0.1, 0.15) is 24.4 Å². The van der Waals surface area contributed by atoms with Crippen molar-refractivity contribution in [3.05, 3.63) is 34.4 Å². The van der Waals surface area contributed by atoms with Gasteiger partial charge in [0.2, 0.25) is 0 Å². The van der Waals surface area contributed by atoms with Crippen molar-refractivity contribution < 1.29 is 31.9 Å². The summed E-state index contributed by atoms with van der Waals surface area (Å²) in [4.78, 5) is 23.5. The van der Waals surface area contributed by atoms with Gasteiger partial charge in [-0.1, -0.05) is 17.7 Å². The normalized spacial score (nSPS) is 31.7. The van der Waals surface area contributed by atoms with Gasteiger partial charge in [0.25, 0.3) is 11.8 Å². The maximum atomic E-state index is 14.5. The first kappa shape index (κ1) is 18.3. The fourth-order valence-corrected chi connectivity index (χ4v) is 4.31. The Balaban J connectivity index is 1.59. The molecule has 3 aliphatic rings. The molecule has 2 unspecified atom stereocenters. The molecule has 2 amide bonds. The van der Waals surface area contributed by atoms with E-state index in [0.717, 1.165) is 12.1 Å². The van der Waals surface area contributed by atoms with E-state index in [0.29, 0.717) is 0 Å². The van der Waals surface area contributed by atoms with Crippen molar-refractivity contribution in [2.75, 3.05) is 6.54 Å². The number of hydrogen-bond donors (Lipinski definition) is 2. The minimum atomic E-state index is -2.73. The van der Waals surface area contributed by atoms with Gasteiger partial charge in [0.15, 0.2) is 6.10 Å². The lowest BCUT2D eigenvalue weighted by Gasteiger charge is -2.28. The summed E-state index contributed by atoms with van der Waals surface area (Å²) in [6.07, 6.45) is -1.68. The van der Waals surface area contributed by atoms with E-state index >= 15 is 0 Å². The van der Waals surface area contributed by atoms with Crippen molar-refractivity contribution in [1.29, 1.82) is 0 Å². The number of cyclic esters (lactones) is 1. The lowest BCUT2D eigenvalue weighted by atomic mass is 9.88. The highest BCUT2D eigenvalue weighted by Gasteiger charge is 2.72. The first-order valence-electron chi connectivity index (χ1n) is 8.46. The van der Waals surface area contributed by atoms with Crippen molar-refractivity contribution in [2.45, 2.75) is 30.9 Å². The number of alkyl halides is 2. The average molecular weight is 407 g/mol. The number of fused-ring (bicyclic) bond motifs is 1. The Bertz CT molecular complexity index is 808. The summed E-state index contributed by atoms with van der Waals surface area (Å²) in [7, 11) is 0. The van der Waals surface area contributed by atoms with E-state index in [-0.39, 0.29) is 24.9 Å². The van der Waals surface area contributed by atoms with Crippen LogP contribution in [-0.4, -0.2) is 30.6 Å². The summed E-state index contributed by atoms with van der Waals surface area (Å²) in [5.41, 5.74) is -0.0818. The van der Waals surface area contributed by atoms with Crippen LogP contribution < -0.4 is 10.6 Å². The van der Waals surface area contributed by atoms with E-state index in [9.17, 15) is 27.2 Å². The quantitative estimate of drug-likeness (QED) is 0.596. The van der Waals surface area contributed by atoms with Gasteiger partial charge in [-0.05, 0) is 24.8 Å². The van der Waals surface area contributed by atoms with Gasteiger partial charge in [-0.3, -0.25) is 4.79 Å². The standard InChI is InChI=1S/C17H15ClF4N2O3/c18-12-10(19)2-1-7(13(12)20)14(6-3-8-9(4-6)17(8,21)22)24-15(25)11-5-23-16(26)27-11/h1-2,6,8-9,11,14H,3-5H2,(H,23,26)(H,24,25)/t6?,8?,9?,11-,14-/m0/s1. The predicted molar refractivity (Wildman–Crippen MR) is 85.2 cm³/mol. The molecular weight excluding hydrogens is 392 g/mol. The van der Waals surface area contributed by atoms with Crippen LogP contribution in [0.25, 0.3) is 0 Å². The average Bonchev–Trinajstić information content (AvgIpc) is 3.05. The monoisotopic (exact) mass is 406 g/mol. The Morgan fingerprint density at radius 3 is 2.56 bits per heavy atom. The van der Waals surface area contributed by atoms with Gasteiger partial charge in [-0.2, -0.15) is 0 Å². The van der Waals surface area contributed by atoms with Crippen LogP contribution in [0.15, 0.2) is 12.1 Å². The molecule has 2 aliphatic carbocycles. The van der Waals surface area contributed by atoms with Gasteiger partial charge in [-0.15, -0.1) is 0 Å². The molecule has 1 heterocycles. The molecule has 4 atom stereocenters. The molecule has 10 heteroatoms. The zero-order valence-corrected chi connectivity index (χ0v) is 14.5. The maximum absolute atomic E-state index is 14.5. The summed E-state index contributed by atoms with van der Waals surface area (Å²) in [6, 6.07) is 1.11. The van der Waals surface area contributed by atoms with E-state index in [2.05, 4.69) is 10.6 Å². The van der Waals surface area contributed by atoms with Gasteiger partial charge in [0.05, 0.1) is 12.6 Å². The van der Waals surface area contributed by atoms with E-state index in [1.165, 1.54) is 0 Å². The molecule has 5 nitrogen and oxygen atoms in total. The number of alkyl carbamates (subject to hydrolysis) is 1. The number of ether oxygens (including phenoxy) is 1. The topological polar surface area (TPSA) is 67.4 Å². The van der Waals surface area contributed by atoms with Crippen molar-refractivity contribution in [1.82, 2.24) is 10.6 Å². The van der Waals surface area contributed by atoms with Crippen LogP contribution in [0.2, 0.25) is 5.02 Å². The molecule has 0 bridgehead atoms. The first-order valence-corrected chi connectivity index (χ1v) is 8.84. The van der Waals surface area contributed by atoms with Gasteiger partial charge in [-0.25, -0.2) is 22.4 Å². The number of halogens is 5. The summed E-state index contributed by atoms with van der Waals surface area (Å²) >= 11 is 5.64. The van der Waals surface area contributed by atoms with E-state index < -0.39 is 64.5 Å². The van der Waals surface area contributed by atoms with Crippen molar-refractivity contribution in [3.63, 3.8) is 0 Å². The Kier molecular flexibility index (Phi) is 4.25. The third-order valence-corrected chi connectivity index (χ3v) is 5.97. The van der Waals surface area contributed by atoms with Crippen molar-refractivity contribution in [3.8, 4) is 0 Å². The molecule has 1 saturated heterocycles. The van der Waals surface area contributed by atoms with Crippen molar-refractivity contribution >= 4 is 23.6 Å². The Morgan fingerprint density at radius 1 is 1.30 bits per heavy atom. The molecule has 1 aromatic carbocycles. The number of benzene rings is 1. The fraction of sp³-hybridized carbons (Fsp3) is 0.529. The number of carbonyl (C=O) groups is 2. The fourth-order valence-electron chi connectivity index (χ4n) is 4.14. The van der Waals surface area contributed by atoms with Gasteiger partial charge in [0, 0.05) is 17.4 Å². The second-order valence-electron chi connectivity index (χ2n) is 7.14. The van der Waals surface area contributed by atoms with E-state index in [1.54, 1.807) is 0 Å². The zero-order valence-electron chi connectivity index (χ0n) is 13.8. The molecule has 0 radical (unpaired) electrons. The van der Waals surface area contributed by atoms with Crippen LogP contribution in [0, 0.1) is 29.4 Å². The molecule has 2 N–H and O–H groups in total. The lowest BCUT2D eigenvalue weighted by Crippen LogP contribution is -2.42. The van der Waals surface area contributed by atoms with Gasteiger partial charge in [0.1, 0.15) is 16.7 Å². The largest absolute Gasteiger partial charge is 0.434 e. The highest BCUT2D eigenvalue weighted by molar-refractivity contribution is 6.31. The molecule has 4 rings (SSSR count). The minimum Gasteiger partial charge on any atom is -0.434 e. The molecular formula is C17H15ClF4N2O3. The maximum Gasteiger partial charge on any atom is 0.408 e. The number of nitrogens with one attached hydrogen (secondary N) is 2. The molecule has 0 aromatic heterocycles. The second-order valence-corrected chi connectivity index (χ2v) is 7.52. The van der Waals surface area contributed by atoms with E-state index in [1.807, 2.05) is 0 Å². The summed E-state index contributed by atoms with van der Waals surface area (Å²) < 4.78 is 59.9. The second kappa shape index (κ2) is 6.25. The summed E-state index contributed by atoms with van der Waals surface area (Å²) in [5, 5.41) is 4.16. The lowest BCUT2D eigenvalue weighted by molar-refractivity contribution is -0.129. The van der Waals surface area contributed by atoms with Crippen LogP contribution in [0.3, 0.4) is 0 Å². The number of carbonyl (C=O) groups excluding carboxylic acids is 2. The van der Waals surface area contributed by atoms with Crippen molar-refractivity contribution in [2.24, 2.45) is 17.8 Å². The minimum absolute atomic E-state index is 0.0575. The van der Waals surface area contributed by atoms with Crippen LogP contribution in [0.5, 0.6) is 0 Å². The van der Waals surface area contributed by atoms with Gasteiger partial charge < -0.3 is 15.4 Å². The third kappa shape index (κ3) is 3.01. The molecule has 1 aliphatic heterocycles. The van der Waals surface area contributed by atoms with Crippen LogP contribution in [-0.2, 0) is 9.53 Å². The summed E-state index contributed by atoms with van der Waals surface area (Å²) in [6.45, 7) is -0.0575. The SMILES string of the molecule is O=C1NC[C@@H](C(=O)N[C@H](c2ccc(F)c(Cl)c2F)C2CC3C(C2)C3(F)F)O1. The summed E-state index contributed by atoms with van der Waals surface area (Å²) in [5.74, 6) is -7.49. The molecule has 1 aromatic rings. The number of hydrogen-bond acceptors (Lipinski definition) is 3. The Morgan fingerprint density at radius 2 is 1.96 bits per heavy atom. The number of amides is 2. The van der Waals surface area contributed by atoms with Gasteiger partial charge >= 0.3 is 6.09 Å². The van der Waals surface area contributed by atoms with E-state index in [4.69, 9.17) is 16.3 Å². The van der Waals surface area contributed by atoms with Crippen LogP contribution in [0.4, 0.5) is 22.4 Å². The first-order chi connectivity index (χ1) is 12.7. The molecule has 3 fully saturated rings. The highest BCUT2D eigenvalue weighted by Crippen LogP contribution is 2.67. The molecule has 2 saturated carbocycles. The molecule has 27 heavy (non-hydrogen) atoms. The Labute approximate surface area is 156 Å².